The van der Waals surface area contributed by atoms with Crippen molar-refractivity contribution in [2.75, 3.05) is 38.5 Å². The Bertz CT molecular complexity index is 2610. The first kappa shape index (κ1) is 48.1. The lowest BCUT2D eigenvalue weighted by atomic mass is 10.1. The van der Waals surface area contributed by atoms with Gasteiger partial charge in [-0.3, -0.25) is 5.43 Å². The van der Waals surface area contributed by atoms with Crippen molar-refractivity contribution in [3.05, 3.63) is 151 Å². The third kappa shape index (κ3) is 15.2. The van der Waals surface area contributed by atoms with Crippen LogP contribution in [0.4, 0.5) is 5.13 Å². The van der Waals surface area contributed by atoms with Crippen LogP contribution in [0.15, 0.2) is 134 Å². The molecule has 1 aromatic heterocycles. The average Bonchev–Trinajstić information content (AvgIpc) is 3.77. The molecule has 66 heavy (non-hydrogen) atoms. The van der Waals surface area contributed by atoms with Gasteiger partial charge in [0.05, 0.1) is 60.6 Å². The molecule has 0 spiro atoms. The normalized spacial score (nSPS) is 11.0. The molecule has 0 fully saturated rings. The van der Waals surface area contributed by atoms with Crippen LogP contribution >= 0.6 is 11.3 Å². The number of rotatable bonds is 27. The van der Waals surface area contributed by atoms with E-state index in [1.165, 1.54) is 11.3 Å². The Morgan fingerprint density at radius 2 is 1.21 bits per heavy atom. The molecule has 342 valence electrons. The zero-order valence-corrected chi connectivity index (χ0v) is 37.6. The van der Waals surface area contributed by atoms with Crippen molar-refractivity contribution in [1.29, 1.82) is 0 Å². The minimum absolute atomic E-state index is 0.110. The standard InChI is InChI=1S/C52H53N3O10S/c1-3-47(56)62-32-13-7-5-11-30-60-42-23-18-39(19-24-42)50(58)64-34-29-37-17-28-46(41(35-37)36-53-55-52-54-45-27-22-38-15-9-10-16-44(38)49(45)66-52)65-51(59)40-20-25-43(26-21-40)61-31-12-6-8-14-33-63-48(57)4-2/h3-4,9-10,15-28,35-36H,1-2,5-8,11-14,29-34H2,(H,54,55)/b53-36+. The molecule has 1 N–H and O–H groups in total. The number of carbonyl (C=O) groups is 4. The number of nitrogens with one attached hydrogen (secondary N) is 1. The third-order valence-corrected chi connectivity index (χ3v) is 11.2. The van der Waals surface area contributed by atoms with Gasteiger partial charge in [-0.05, 0) is 129 Å². The Labute approximate surface area is 388 Å². The maximum absolute atomic E-state index is 13.4. The number of ether oxygens (including phenoxy) is 6. The molecule has 13 nitrogen and oxygen atoms in total. The van der Waals surface area contributed by atoms with Crippen LogP contribution in [0.3, 0.4) is 0 Å². The number of benzene rings is 5. The fourth-order valence-corrected chi connectivity index (χ4v) is 7.59. The summed E-state index contributed by atoms with van der Waals surface area (Å²) in [6, 6.07) is 31.1. The quantitative estimate of drug-likeness (QED) is 0.00992. The molecule has 0 bridgehead atoms. The summed E-state index contributed by atoms with van der Waals surface area (Å²) in [5.41, 5.74) is 5.99. The first-order valence-corrected chi connectivity index (χ1v) is 22.7. The van der Waals surface area contributed by atoms with Gasteiger partial charge in [0.2, 0.25) is 5.13 Å². The second-order valence-electron chi connectivity index (χ2n) is 15.0. The van der Waals surface area contributed by atoms with E-state index in [0.717, 1.165) is 90.1 Å². The van der Waals surface area contributed by atoms with Crippen molar-refractivity contribution in [2.24, 2.45) is 5.10 Å². The van der Waals surface area contributed by atoms with Gasteiger partial charge in [-0.15, -0.1) is 0 Å². The van der Waals surface area contributed by atoms with E-state index in [9.17, 15) is 19.2 Å². The van der Waals surface area contributed by atoms with Gasteiger partial charge < -0.3 is 28.4 Å². The van der Waals surface area contributed by atoms with Crippen LogP contribution in [-0.2, 0) is 30.2 Å². The van der Waals surface area contributed by atoms with Crippen LogP contribution in [0.25, 0.3) is 21.0 Å². The predicted molar refractivity (Wildman–Crippen MR) is 257 cm³/mol. The highest BCUT2D eigenvalue weighted by molar-refractivity contribution is 7.23. The molecule has 0 saturated heterocycles. The fourth-order valence-electron chi connectivity index (χ4n) is 6.64. The maximum Gasteiger partial charge on any atom is 0.343 e. The zero-order valence-electron chi connectivity index (χ0n) is 36.7. The smallest absolute Gasteiger partial charge is 0.343 e. The minimum Gasteiger partial charge on any atom is -0.494 e. The van der Waals surface area contributed by atoms with Gasteiger partial charge in [-0.2, -0.15) is 5.10 Å². The summed E-state index contributed by atoms with van der Waals surface area (Å²) in [4.78, 5) is 53.3. The molecular formula is C52H53N3O10S. The molecule has 6 rings (SSSR count). The molecule has 5 aromatic carbocycles. The number of thiazole rings is 1. The monoisotopic (exact) mass is 911 g/mol. The van der Waals surface area contributed by atoms with Crippen molar-refractivity contribution in [3.8, 4) is 17.2 Å². The number of esters is 4. The Kier molecular flexibility index (Phi) is 18.9. The molecule has 0 aliphatic heterocycles. The molecule has 6 aromatic rings. The van der Waals surface area contributed by atoms with Gasteiger partial charge >= 0.3 is 23.9 Å². The van der Waals surface area contributed by atoms with Crippen LogP contribution < -0.4 is 19.6 Å². The van der Waals surface area contributed by atoms with E-state index in [1.807, 2.05) is 36.4 Å². The lowest BCUT2D eigenvalue weighted by Gasteiger charge is -2.11. The van der Waals surface area contributed by atoms with E-state index in [-0.39, 0.29) is 12.4 Å². The Morgan fingerprint density at radius 1 is 0.621 bits per heavy atom. The van der Waals surface area contributed by atoms with E-state index < -0.39 is 23.9 Å². The van der Waals surface area contributed by atoms with Crippen molar-refractivity contribution in [1.82, 2.24) is 4.98 Å². The second kappa shape index (κ2) is 25.8. The van der Waals surface area contributed by atoms with Gasteiger partial charge in [0.25, 0.3) is 0 Å². The zero-order chi connectivity index (χ0) is 46.4. The predicted octanol–water partition coefficient (Wildman–Crippen LogP) is 10.9. The number of nitrogens with zero attached hydrogens (tertiary/aromatic N) is 2. The van der Waals surface area contributed by atoms with Crippen LogP contribution in [-0.4, -0.2) is 68.1 Å². The lowest BCUT2D eigenvalue weighted by molar-refractivity contribution is -0.138. The number of aromatic nitrogens is 1. The van der Waals surface area contributed by atoms with Crippen LogP contribution in [0.1, 0.15) is 83.2 Å². The highest BCUT2D eigenvalue weighted by atomic mass is 32.1. The van der Waals surface area contributed by atoms with Crippen LogP contribution in [0.5, 0.6) is 17.2 Å². The van der Waals surface area contributed by atoms with Crippen molar-refractivity contribution in [2.45, 2.75) is 57.8 Å². The highest BCUT2D eigenvalue weighted by Gasteiger charge is 2.14. The lowest BCUT2D eigenvalue weighted by Crippen LogP contribution is -2.11. The summed E-state index contributed by atoms with van der Waals surface area (Å²) in [5, 5.41) is 7.31. The second-order valence-corrected chi connectivity index (χ2v) is 16.0. The van der Waals surface area contributed by atoms with Gasteiger partial charge in [-0.1, -0.05) is 60.9 Å². The first-order chi connectivity index (χ1) is 32.3. The molecular weight excluding hydrogens is 859 g/mol. The van der Waals surface area contributed by atoms with Gasteiger partial charge in [-0.25, -0.2) is 24.2 Å². The summed E-state index contributed by atoms with van der Waals surface area (Å²) in [7, 11) is 0. The summed E-state index contributed by atoms with van der Waals surface area (Å²) in [6.07, 6.45) is 11.2. The van der Waals surface area contributed by atoms with E-state index >= 15 is 0 Å². The van der Waals surface area contributed by atoms with Gasteiger partial charge in [0, 0.05) is 29.5 Å². The number of fused-ring (bicyclic) bond motifs is 3. The Morgan fingerprint density at radius 3 is 1.83 bits per heavy atom. The number of unbranched alkanes of at least 4 members (excludes halogenated alkanes) is 6. The van der Waals surface area contributed by atoms with Crippen LogP contribution in [0, 0.1) is 0 Å². The average molecular weight is 912 g/mol. The van der Waals surface area contributed by atoms with Gasteiger partial charge in [0.1, 0.15) is 17.2 Å². The molecule has 14 heteroatoms. The maximum atomic E-state index is 13.4. The SMILES string of the molecule is C=CC(=O)OCCCCCCOc1ccc(C(=O)OCCc2ccc(OC(=O)c3ccc(OCCCCCCOC(=O)C=C)cc3)c(/C=N/Nc3nc4ccc5ccccc5c4s3)c2)cc1. The fraction of sp³-hybridized carbons (Fsp3) is 0.269. The minimum atomic E-state index is -0.557. The number of hydrazone groups is 1. The van der Waals surface area contributed by atoms with E-state index in [1.54, 1.807) is 60.8 Å². The van der Waals surface area contributed by atoms with Crippen molar-refractivity contribution >= 4 is 67.5 Å². The molecule has 0 amide bonds. The molecule has 0 radical (unpaired) electrons. The van der Waals surface area contributed by atoms with Crippen molar-refractivity contribution in [3.63, 3.8) is 0 Å². The number of hydrogen-bond donors (Lipinski definition) is 1. The number of hydrogen-bond acceptors (Lipinski definition) is 14. The molecule has 0 aliphatic rings. The van der Waals surface area contributed by atoms with E-state index in [2.05, 4.69) is 35.8 Å². The molecule has 1 heterocycles. The topological polar surface area (TPSA) is 161 Å². The molecule has 0 aliphatic carbocycles. The number of anilines is 1. The largest absolute Gasteiger partial charge is 0.494 e. The van der Waals surface area contributed by atoms with Gasteiger partial charge in [0.15, 0.2) is 0 Å². The van der Waals surface area contributed by atoms with E-state index in [0.29, 0.717) is 66.2 Å². The Hall–Kier alpha value is -7.32. The third-order valence-electron chi connectivity index (χ3n) is 10.2. The van der Waals surface area contributed by atoms with Crippen LogP contribution in [0.2, 0.25) is 0 Å². The molecule has 0 saturated carbocycles. The number of carbonyl (C=O) groups excluding carboxylic acids is 4. The van der Waals surface area contributed by atoms with E-state index in [4.69, 9.17) is 33.4 Å². The summed E-state index contributed by atoms with van der Waals surface area (Å²) >= 11 is 1.49. The summed E-state index contributed by atoms with van der Waals surface area (Å²) in [5.74, 6) is -0.271. The van der Waals surface area contributed by atoms with Crippen molar-refractivity contribution < 1.29 is 47.6 Å². The Balaban J connectivity index is 1.02. The summed E-state index contributed by atoms with van der Waals surface area (Å²) < 4.78 is 34.2. The summed E-state index contributed by atoms with van der Waals surface area (Å²) in [6.45, 7) is 8.67. The first-order valence-electron chi connectivity index (χ1n) is 21.9. The molecule has 0 unspecified atom stereocenters. The molecule has 0 atom stereocenters. The highest BCUT2D eigenvalue weighted by Crippen LogP contribution is 2.33.